The first kappa shape index (κ1) is 14.2. The van der Waals surface area contributed by atoms with Crippen LogP contribution in [0.1, 0.15) is 37.4 Å². The van der Waals surface area contributed by atoms with E-state index in [1.165, 1.54) is 5.56 Å². The largest absolute Gasteiger partial charge is 0.497 e. The number of amides is 1. The second-order valence-electron chi connectivity index (χ2n) is 6.71. The molecule has 2 heterocycles. The molecule has 4 rings (SSSR count). The van der Waals surface area contributed by atoms with Crippen molar-refractivity contribution in [2.75, 3.05) is 12.0 Å². The van der Waals surface area contributed by atoms with E-state index in [1.54, 1.807) is 19.5 Å². The summed E-state index contributed by atoms with van der Waals surface area (Å²) >= 11 is 0. The normalized spacial score (nSPS) is 24.5. The number of hydrogen-bond donors (Lipinski definition) is 0. The first-order valence-electron chi connectivity index (χ1n) is 7.83. The topological polar surface area (TPSA) is 55.3 Å². The summed E-state index contributed by atoms with van der Waals surface area (Å²) in [6, 6.07) is 8.23. The van der Waals surface area contributed by atoms with Crippen LogP contribution in [-0.4, -0.2) is 29.0 Å². The van der Waals surface area contributed by atoms with Gasteiger partial charge in [0.1, 0.15) is 5.75 Å². The van der Waals surface area contributed by atoms with Gasteiger partial charge in [-0.1, -0.05) is 12.1 Å². The van der Waals surface area contributed by atoms with Crippen LogP contribution in [-0.2, 0) is 10.2 Å². The Balaban J connectivity index is 1.67. The van der Waals surface area contributed by atoms with E-state index in [-0.39, 0.29) is 11.9 Å². The molecule has 5 nitrogen and oxygen atoms in total. The highest BCUT2D eigenvalue weighted by atomic mass is 16.5. The molecule has 118 valence electrons. The minimum atomic E-state index is -0.606. The zero-order valence-corrected chi connectivity index (χ0v) is 13.5. The van der Waals surface area contributed by atoms with Crippen LogP contribution in [0.15, 0.2) is 36.7 Å². The van der Waals surface area contributed by atoms with E-state index in [0.717, 1.165) is 23.7 Å². The summed E-state index contributed by atoms with van der Waals surface area (Å²) in [5, 5.41) is 0. The van der Waals surface area contributed by atoms with Crippen molar-refractivity contribution >= 4 is 11.7 Å². The summed E-state index contributed by atoms with van der Waals surface area (Å²) < 4.78 is 5.30. The lowest BCUT2D eigenvalue weighted by Gasteiger charge is -2.19. The van der Waals surface area contributed by atoms with Gasteiger partial charge in [-0.3, -0.25) is 14.7 Å². The van der Waals surface area contributed by atoms with Gasteiger partial charge in [-0.05, 0) is 38.0 Å². The molecule has 0 unspecified atom stereocenters. The van der Waals surface area contributed by atoms with Gasteiger partial charge in [0.15, 0.2) is 5.82 Å². The average Bonchev–Trinajstić information content (AvgIpc) is 3.32. The van der Waals surface area contributed by atoms with Crippen molar-refractivity contribution in [1.82, 2.24) is 9.97 Å². The van der Waals surface area contributed by atoms with Crippen LogP contribution in [0, 0.1) is 0 Å². The molecule has 0 bridgehead atoms. The molecule has 1 aliphatic heterocycles. The van der Waals surface area contributed by atoms with Crippen molar-refractivity contribution in [2.24, 2.45) is 0 Å². The van der Waals surface area contributed by atoms with E-state index in [1.807, 2.05) is 36.9 Å². The molecule has 23 heavy (non-hydrogen) atoms. The number of carbonyl (C=O) groups is 1. The summed E-state index contributed by atoms with van der Waals surface area (Å²) in [5.74, 6) is 1.99. The number of fused-ring (bicyclic) bond motifs is 1. The smallest absolute Gasteiger partial charge is 0.240 e. The Morgan fingerprint density at radius 3 is 2.83 bits per heavy atom. The van der Waals surface area contributed by atoms with Gasteiger partial charge in [0, 0.05) is 24.4 Å². The van der Waals surface area contributed by atoms with Crippen LogP contribution in [0.5, 0.6) is 5.75 Å². The van der Waals surface area contributed by atoms with Gasteiger partial charge in [-0.15, -0.1) is 0 Å². The third-order valence-electron chi connectivity index (χ3n) is 4.86. The van der Waals surface area contributed by atoms with Gasteiger partial charge < -0.3 is 4.74 Å². The predicted molar refractivity (Wildman–Crippen MR) is 86.7 cm³/mol. The predicted octanol–water partition coefficient (Wildman–Crippen LogP) is 2.67. The highest BCUT2D eigenvalue weighted by molar-refractivity contribution is 6.06. The molecular weight excluding hydrogens is 290 g/mol. The lowest BCUT2D eigenvalue weighted by Crippen LogP contribution is -2.38. The Morgan fingerprint density at radius 1 is 1.26 bits per heavy atom. The van der Waals surface area contributed by atoms with Crippen LogP contribution in [0.3, 0.4) is 0 Å². The van der Waals surface area contributed by atoms with Crippen LogP contribution < -0.4 is 9.64 Å². The molecule has 2 aromatic rings. The third kappa shape index (κ3) is 2.03. The fraction of sp³-hybridized carbons (Fsp3) is 0.389. The maximum absolute atomic E-state index is 12.9. The van der Waals surface area contributed by atoms with Gasteiger partial charge >= 0.3 is 0 Å². The molecule has 1 aromatic carbocycles. The fourth-order valence-electron chi connectivity index (χ4n) is 3.45. The Bertz CT molecular complexity index is 787. The number of benzene rings is 1. The van der Waals surface area contributed by atoms with Crippen LogP contribution in [0.4, 0.5) is 5.82 Å². The summed E-state index contributed by atoms with van der Waals surface area (Å²) in [5.41, 5.74) is 1.38. The van der Waals surface area contributed by atoms with E-state index in [9.17, 15) is 4.79 Å². The standard InChI is InChI=1S/C18H19N3O2/c1-18(2)15-16(20-8-7-19-15)21(17(18)22)14-10-13(14)11-5-4-6-12(9-11)23-3/h4-9,13-14H,10H2,1-3H3/t13-,14+/m1/s1. The van der Waals surface area contributed by atoms with E-state index in [4.69, 9.17) is 4.74 Å². The van der Waals surface area contributed by atoms with Crippen molar-refractivity contribution in [3.8, 4) is 5.75 Å². The minimum Gasteiger partial charge on any atom is -0.497 e. The molecule has 1 saturated carbocycles. The lowest BCUT2D eigenvalue weighted by molar-refractivity contribution is -0.122. The summed E-state index contributed by atoms with van der Waals surface area (Å²) in [6.45, 7) is 3.84. The number of ether oxygens (including phenoxy) is 1. The number of anilines is 1. The molecule has 1 fully saturated rings. The van der Waals surface area contributed by atoms with Crippen molar-refractivity contribution in [3.05, 3.63) is 47.9 Å². The van der Waals surface area contributed by atoms with Crippen molar-refractivity contribution in [1.29, 1.82) is 0 Å². The molecule has 0 radical (unpaired) electrons. The van der Waals surface area contributed by atoms with Gasteiger partial charge in [0.2, 0.25) is 5.91 Å². The van der Waals surface area contributed by atoms with E-state index >= 15 is 0 Å². The van der Waals surface area contributed by atoms with Gasteiger partial charge in [-0.2, -0.15) is 0 Å². The molecule has 1 aliphatic carbocycles. The van der Waals surface area contributed by atoms with Crippen LogP contribution in [0.2, 0.25) is 0 Å². The number of hydrogen-bond acceptors (Lipinski definition) is 4. The number of nitrogens with zero attached hydrogens (tertiary/aromatic N) is 3. The zero-order valence-electron chi connectivity index (χ0n) is 13.5. The van der Waals surface area contributed by atoms with E-state index in [0.29, 0.717) is 5.92 Å². The van der Waals surface area contributed by atoms with E-state index < -0.39 is 5.41 Å². The molecule has 0 N–H and O–H groups in total. The average molecular weight is 309 g/mol. The Labute approximate surface area is 135 Å². The molecule has 0 saturated heterocycles. The minimum absolute atomic E-state index is 0.0918. The summed E-state index contributed by atoms with van der Waals surface area (Å²) in [7, 11) is 1.67. The number of methoxy groups -OCH3 is 1. The van der Waals surface area contributed by atoms with Gasteiger partial charge in [-0.25, -0.2) is 4.98 Å². The maximum atomic E-state index is 12.9. The number of rotatable bonds is 3. The summed E-state index contributed by atoms with van der Waals surface area (Å²) in [6.07, 6.45) is 4.26. The molecular formula is C18H19N3O2. The first-order valence-corrected chi connectivity index (χ1v) is 7.83. The highest BCUT2D eigenvalue weighted by Crippen LogP contribution is 2.51. The molecule has 1 aromatic heterocycles. The second kappa shape index (κ2) is 4.78. The van der Waals surface area contributed by atoms with Crippen LogP contribution in [0.25, 0.3) is 0 Å². The zero-order chi connectivity index (χ0) is 16.2. The number of carbonyl (C=O) groups excluding carboxylic acids is 1. The molecule has 5 heteroatoms. The Hall–Kier alpha value is -2.43. The fourth-order valence-corrected chi connectivity index (χ4v) is 3.45. The SMILES string of the molecule is COc1cccc([C@H]2C[C@@H]2N2C(=O)C(C)(C)c3nccnc32)c1. The summed E-state index contributed by atoms with van der Waals surface area (Å²) in [4.78, 5) is 23.6. The molecule has 1 amide bonds. The Morgan fingerprint density at radius 2 is 2.04 bits per heavy atom. The maximum Gasteiger partial charge on any atom is 0.240 e. The quantitative estimate of drug-likeness (QED) is 0.874. The number of aromatic nitrogens is 2. The van der Waals surface area contributed by atoms with Crippen molar-refractivity contribution in [2.45, 2.75) is 37.6 Å². The highest BCUT2D eigenvalue weighted by Gasteiger charge is 2.55. The second-order valence-corrected chi connectivity index (χ2v) is 6.71. The molecule has 0 spiro atoms. The van der Waals surface area contributed by atoms with Crippen molar-refractivity contribution < 1.29 is 9.53 Å². The first-order chi connectivity index (χ1) is 11.0. The monoisotopic (exact) mass is 309 g/mol. The third-order valence-corrected chi connectivity index (χ3v) is 4.86. The van der Waals surface area contributed by atoms with Gasteiger partial charge in [0.25, 0.3) is 0 Å². The van der Waals surface area contributed by atoms with Crippen molar-refractivity contribution in [3.63, 3.8) is 0 Å². The van der Waals surface area contributed by atoms with Crippen LogP contribution >= 0.6 is 0 Å². The van der Waals surface area contributed by atoms with Gasteiger partial charge in [0.05, 0.1) is 18.2 Å². The van der Waals surface area contributed by atoms with E-state index in [2.05, 4.69) is 16.0 Å². The Kier molecular flexibility index (Phi) is 2.95. The molecule has 2 aliphatic rings. The lowest BCUT2D eigenvalue weighted by atomic mass is 9.91. The molecule has 2 atom stereocenters.